The minimum Gasteiger partial charge on any atom is -0.386 e. The predicted molar refractivity (Wildman–Crippen MR) is 128 cm³/mol. The van der Waals surface area contributed by atoms with Gasteiger partial charge in [0.25, 0.3) is 0 Å². The number of H-pyrrole nitrogens is 1. The lowest BCUT2D eigenvalue weighted by Gasteiger charge is -2.23. The molecule has 0 amide bonds. The molecule has 0 saturated carbocycles. The van der Waals surface area contributed by atoms with Gasteiger partial charge in [0.1, 0.15) is 22.6 Å². The van der Waals surface area contributed by atoms with Crippen LogP contribution in [0.25, 0.3) is 26.8 Å². The van der Waals surface area contributed by atoms with Gasteiger partial charge >= 0.3 is 0 Å². The first-order valence-corrected chi connectivity index (χ1v) is 11.4. The molecule has 8 nitrogen and oxygen atoms in total. The fourth-order valence-corrected chi connectivity index (χ4v) is 5.03. The summed E-state index contributed by atoms with van der Waals surface area (Å²) in [6.07, 6.45) is 7.76. The van der Waals surface area contributed by atoms with Gasteiger partial charge in [-0.25, -0.2) is 15.0 Å². The highest BCUT2D eigenvalue weighted by Crippen LogP contribution is 2.29. The molecular formula is C23H22N8S. The van der Waals surface area contributed by atoms with E-state index in [1.165, 1.54) is 17.9 Å². The molecule has 4 aromatic rings. The van der Waals surface area contributed by atoms with E-state index < -0.39 is 0 Å². The Morgan fingerprint density at radius 1 is 1.38 bits per heavy atom. The molecule has 5 rings (SSSR count). The first-order valence-electron chi connectivity index (χ1n) is 10.5. The minimum absolute atomic E-state index is 0.0195. The zero-order valence-electron chi connectivity index (χ0n) is 17.3. The van der Waals surface area contributed by atoms with Crippen molar-refractivity contribution in [2.24, 2.45) is 5.92 Å². The Bertz CT molecular complexity index is 1330. The number of hydrogen-bond donors (Lipinski definition) is 3. The molecule has 1 aliphatic heterocycles. The molecule has 9 heteroatoms. The summed E-state index contributed by atoms with van der Waals surface area (Å²) in [6.45, 7) is 1.75. The molecule has 0 bridgehead atoms. The number of hydrogen-bond acceptors (Lipinski definition) is 8. The SMILES string of the molecule is N#CCC(N/C=C(\C=N)c1ncnc2[nH]ccc12)C1CCN(c2ccc3ccsc3n2)C1. The van der Waals surface area contributed by atoms with E-state index in [0.29, 0.717) is 23.6 Å². The van der Waals surface area contributed by atoms with Crippen LogP contribution < -0.4 is 10.2 Å². The molecule has 0 spiro atoms. The van der Waals surface area contributed by atoms with Gasteiger partial charge in [0.2, 0.25) is 0 Å². The van der Waals surface area contributed by atoms with Crippen molar-refractivity contribution >= 4 is 50.2 Å². The quantitative estimate of drug-likeness (QED) is 0.373. The highest BCUT2D eigenvalue weighted by atomic mass is 32.1. The van der Waals surface area contributed by atoms with Gasteiger partial charge in [0.15, 0.2) is 0 Å². The summed E-state index contributed by atoms with van der Waals surface area (Å²) >= 11 is 1.65. The average molecular weight is 443 g/mol. The van der Waals surface area contributed by atoms with Crippen LogP contribution in [-0.2, 0) is 0 Å². The van der Waals surface area contributed by atoms with Crippen molar-refractivity contribution in [3.05, 3.63) is 54.1 Å². The Balaban J connectivity index is 1.33. The predicted octanol–water partition coefficient (Wildman–Crippen LogP) is 3.96. The van der Waals surface area contributed by atoms with Gasteiger partial charge in [0.05, 0.1) is 18.2 Å². The Morgan fingerprint density at radius 3 is 3.19 bits per heavy atom. The van der Waals surface area contributed by atoms with Gasteiger partial charge in [-0.2, -0.15) is 5.26 Å². The fraction of sp³-hybridized carbons (Fsp3) is 0.261. The lowest BCUT2D eigenvalue weighted by Crippen LogP contribution is -2.35. The number of pyridine rings is 1. The second-order valence-electron chi connectivity index (χ2n) is 7.82. The van der Waals surface area contributed by atoms with Crippen LogP contribution in [0.5, 0.6) is 0 Å². The smallest absolute Gasteiger partial charge is 0.141 e. The van der Waals surface area contributed by atoms with Gasteiger partial charge in [-0.05, 0) is 42.0 Å². The van der Waals surface area contributed by atoms with Gasteiger partial charge in [-0.3, -0.25) is 0 Å². The molecule has 3 N–H and O–H groups in total. The Hall–Kier alpha value is -3.77. The van der Waals surface area contributed by atoms with E-state index in [0.717, 1.165) is 41.2 Å². The van der Waals surface area contributed by atoms with E-state index in [-0.39, 0.29) is 6.04 Å². The number of nitrogens with one attached hydrogen (secondary N) is 3. The van der Waals surface area contributed by atoms with Crippen molar-refractivity contribution in [2.75, 3.05) is 18.0 Å². The number of nitriles is 1. The van der Waals surface area contributed by atoms with Crippen molar-refractivity contribution < 1.29 is 0 Å². The molecule has 32 heavy (non-hydrogen) atoms. The maximum atomic E-state index is 9.42. The minimum atomic E-state index is -0.0195. The molecule has 1 aliphatic rings. The molecule has 5 heterocycles. The van der Waals surface area contributed by atoms with Crippen molar-refractivity contribution in [1.82, 2.24) is 25.3 Å². The molecule has 2 unspecified atom stereocenters. The van der Waals surface area contributed by atoms with Gasteiger partial charge in [-0.15, -0.1) is 11.3 Å². The number of fused-ring (bicyclic) bond motifs is 2. The van der Waals surface area contributed by atoms with Gasteiger partial charge in [0, 0.05) is 54.1 Å². The molecule has 0 aromatic carbocycles. The highest BCUT2D eigenvalue weighted by molar-refractivity contribution is 7.16. The molecule has 0 radical (unpaired) electrons. The van der Waals surface area contributed by atoms with Gasteiger partial charge < -0.3 is 20.6 Å². The topological polar surface area (TPSA) is 117 Å². The number of aromatic amines is 1. The van der Waals surface area contributed by atoms with Gasteiger partial charge in [-0.1, -0.05) is 0 Å². The van der Waals surface area contributed by atoms with Crippen molar-refractivity contribution in [3.8, 4) is 6.07 Å². The van der Waals surface area contributed by atoms with E-state index in [1.807, 2.05) is 18.5 Å². The van der Waals surface area contributed by atoms with E-state index in [9.17, 15) is 5.26 Å². The number of anilines is 1. The molecule has 1 fully saturated rings. The van der Waals surface area contributed by atoms with E-state index >= 15 is 0 Å². The van der Waals surface area contributed by atoms with Crippen LogP contribution in [0.2, 0.25) is 0 Å². The second-order valence-corrected chi connectivity index (χ2v) is 8.72. The summed E-state index contributed by atoms with van der Waals surface area (Å²) in [5.74, 6) is 1.29. The average Bonchev–Trinajstić information content (AvgIpc) is 3.58. The van der Waals surface area contributed by atoms with E-state index in [2.05, 4.69) is 54.8 Å². The molecule has 0 aliphatic carbocycles. The summed E-state index contributed by atoms with van der Waals surface area (Å²) in [7, 11) is 0. The number of allylic oxidation sites excluding steroid dienone is 1. The van der Waals surface area contributed by atoms with Crippen molar-refractivity contribution in [2.45, 2.75) is 18.9 Å². The molecule has 4 aromatic heterocycles. The Morgan fingerprint density at radius 2 is 2.31 bits per heavy atom. The third-order valence-electron chi connectivity index (χ3n) is 5.97. The zero-order chi connectivity index (χ0) is 21.9. The Kier molecular flexibility index (Phi) is 5.52. The van der Waals surface area contributed by atoms with Crippen LogP contribution in [0.1, 0.15) is 18.5 Å². The van der Waals surface area contributed by atoms with Crippen LogP contribution in [0.3, 0.4) is 0 Å². The number of nitrogens with zero attached hydrogens (tertiary/aromatic N) is 5. The van der Waals surface area contributed by atoms with Crippen LogP contribution in [0.15, 0.2) is 48.4 Å². The molecule has 160 valence electrons. The van der Waals surface area contributed by atoms with Crippen LogP contribution in [-0.4, -0.2) is 45.3 Å². The van der Waals surface area contributed by atoms with Crippen LogP contribution in [0, 0.1) is 22.7 Å². The second kappa shape index (κ2) is 8.77. The number of thiophene rings is 1. The van der Waals surface area contributed by atoms with Crippen LogP contribution >= 0.6 is 11.3 Å². The molecule has 1 saturated heterocycles. The Labute approximate surface area is 189 Å². The fourth-order valence-electron chi connectivity index (χ4n) is 4.27. The summed E-state index contributed by atoms with van der Waals surface area (Å²) < 4.78 is 0. The summed E-state index contributed by atoms with van der Waals surface area (Å²) in [5.41, 5.74) is 2.08. The number of aromatic nitrogens is 4. The molecule has 2 atom stereocenters. The normalized spacial score (nSPS) is 17.5. The molecular weight excluding hydrogens is 420 g/mol. The third kappa shape index (κ3) is 3.81. The highest BCUT2D eigenvalue weighted by Gasteiger charge is 2.30. The maximum absolute atomic E-state index is 9.42. The van der Waals surface area contributed by atoms with E-state index in [4.69, 9.17) is 10.4 Å². The summed E-state index contributed by atoms with van der Waals surface area (Å²) in [5, 5.41) is 24.8. The zero-order valence-corrected chi connectivity index (χ0v) is 18.1. The number of rotatable bonds is 7. The largest absolute Gasteiger partial charge is 0.386 e. The third-order valence-corrected chi connectivity index (χ3v) is 6.79. The van der Waals surface area contributed by atoms with Crippen LogP contribution in [0.4, 0.5) is 5.82 Å². The lowest BCUT2D eigenvalue weighted by atomic mass is 9.96. The first-order chi connectivity index (χ1) is 15.8. The summed E-state index contributed by atoms with van der Waals surface area (Å²) in [4.78, 5) is 19.8. The summed E-state index contributed by atoms with van der Waals surface area (Å²) in [6, 6.07) is 10.5. The first kappa shape index (κ1) is 20.2. The van der Waals surface area contributed by atoms with Crippen molar-refractivity contribution in [1.29, 1.82) is 10.7 Å². The van der Waals surface area contributed by atoms with E-state index in [1.54, 1.807) is 11.3 Å². The monoisotopic (exact) mass is 442 g/mol. The maximum Gasteiger partial charge on any atom is 0.141 e. The lowest BCUT2D eigenvalue weighted by molar-refractivity contribution is 0.418. The van der Waals surface area contributed by atoms with Crippen molar-refractivity contribution in [3.63, 3.8) is 0 Å². The standard InChI is InChI=1S/C23H22N8S/c24-7-3-19(27-12-17(11-25)21-18-4-8-26-22(18)29-14-28-21)16-5-9-31(13-16)20-2-1-15-6-10-32-23(15)30-20/h1-2,4,6,8,10-12,14,16,19,25,27H,3,5,9,13H2,(H,26,28,29)/b17-12+,25-11?.